The number of piperidine rings is 1. The predicted molar refractivity (Wildman–Crippen MR) is 112 cm³/mol. The molecule has 1 fully saturated rings. The Hall–Kier alpha value is -1.62. The second-order valence-corrected chi connectivity index (χ2v) is 8.32. The molecular weight excluding hydrogens is 398 g/mol. The van der Waals surface area contributed by atoms with Crippen LogP contribution in [0.15, 0.2) is 42.5 Å². The molecule has 0 aromatic heterocycles. The minimum Gasteiger partial charge on any atom is -0.333 e. The molecule has 0 N–H and O–H groups in total. The lowest BCUT2D eigenvalue weighted by molar-refractivity contribution is 0.0705. The fourth-order valence-electron chi connectivity index (χ4n) is 3.47. The van der Waals surface area contributed by atoms with Crippen molar-refractivity contribution in [2.24, 2.45) is 5.92 Å². The van der Waals surface area contributed by atoms with Crippen molar-refractivity contribution in [1.29, 1.82) is 0 Å². The topological polar surface area (TPSA) is 23.6 Å². The molecule has 1 amide bonds. The molecular formula is C22H25Cl2FN2O. The van der Waals surface area contributed by atoms with Gasteiger partial charge in [0.15, 0.2) is 0 Å². The largest absolute Gasteiger partial charge is 0.333 e. The van der Waals surface area contributed by atoms with E-state index in [4.69, 9.17) is 23.2 Å². The molecule has 1 aliphatic heterocycles. The summed E-state index contributed by atoms with van der Waals surface area (Å²) in [6.45, 7) is 5.99. The summed E-state index contributed by atoms with van der Waals surface area (Å²) in [5, 5.41) is 0.777. The lowest BCUT2D eigenvalue weighted by atomic mass is 9.99. The number of carbonyl (C=O) groups is 1. The lowest BCUT2D eigenvalue weighted by Gasteiger charge is -2.32. The first-order chi connectivity index (χ1) is 13.4. The first-order valence-electron chi connectivity index (χ1n) is 9.64. The molecule has 1 saturated heterocycles. The average Bonchev–Trinajstić information content (AvgIpc) is 2.67. The van der Waals surface area contributed by atoms with Crippen LogP contribution in [-0.2, 0) is 6.54 Å². The molecule has 0 saturated carbocycles. The van der Waals surface area contributed by atoms with Gasteiger partial charge in [0.05, 0.1) is 10.6 Å². The Balaban J connectivity index is 1.77. The van der Waals surface area contributed by atoms with Crippen LogP contribution in [-0.4, -0.2) is 41.9 Å². The minimum absolute atomic E-state index is 0.0644. The van der Waals surface area contributed by atoms with Gasteiger partial charge in [-0.2, -0.15) is 0 Å². The number of hydrogen-bond acceptors (Lipinski definition) is 2. The van der Waals surface area contributed by atoms with Crippen molar-refractivity contribution in [3.05, 3.63) is 69.5 Å². The van der Waals surface area contributed by atoms with E-state index in [-0.39, 0.29) is 16.5 Å². The van der Waals surface area contributed by atoms with Gasteiger partial charge in [0.1, 0.15) is 5.82 Å². The summed E-state index contributed by atoms with van der Waals surface area (Å²) >= 11 is 12.1. The first-order valence-corrected chi connectivity index (χ1v) is 10.4. The number of carbonyl (C=O) groups excluding carboxylic acids is 1. The molecule has 28 heavy (non-hydrogen) atoms. The van der Waals surface area contributed by atoms with Crippen molar-refractivity contribution in [2.75, 3.05) is 26.2 Å². The van der Waals surface area contributed by atoms with Crippen molar-refractivity contribution in [3.8, 4) is 0 Å². The number of amides is 1. The number of rotatable bonds is 6. The highest BCUT2D eigenvalue weighted by atomic mass is 35.5. The van der Waals surface area contributed by atoms with Crippen LogP contribution in [0.2, 0.25) is 10.0 Å². The summed E-state index contributed by atoms with van der Waals surface area (Å²) in [5.41, 5.74) is 0.878. The number of halogens is 3. The van der Waals surface area contributed by atoms with Gasteiger partial charge < -0.3 is 9.80 Å². The van der Waals surface area contributed by atoms with Gasteiger partial charge in [0.2, 0.25) is 0 Å². The zero-order valence-electron chi connectivity index (χ0n) is 16.0. The van der Waals surface area contributed by atoms with Gasteiger partial charge in [0.25, 0.3) is 5.91 Å². The van der Waals surface area contributed by atoms with E-state index in [1.54, 1.807) is 23.1 Å². The molecule has 2 aromatic carbocycles. The monoisotopic (exact) mass is 422 g/mol. The fourth-order valence-corrected chi connectivity index (χ4v) is 3.84. The van der Waals surface area contributed by atoms with E-state index in [1.165, 1.54) is 25.0 Å². The van der Waals surface area contributed by atoms with Crippen LogP contribution in [0.1, 0.15) is 35.7 Å². The Kier molecular flexibility index (Phi) is 7.33. The van der Waals surface area contributed by atoms with Crippen LogP contribution in [0.5, 0.6) is 0 Å². The van der Waals surface area contributed by atoms with Gasteiger partial charge in [-0.3, -0.25) is 4.79 Å². The summed E-state index contributed by atoms with van der Waals surface area (Å²) in [4.78, 5) is 17.2. The minimum atomic E-state index is -0.592. The molecule has 3 nitrogen and oxygen atoms in total. The van der Waals surface area contributed by atoms with Gasteiger partial charge in [-0.25, -0.2) is 4.39 Å². The number of likely N-dealkylation sites (tertiary alicyclic amines) is 1. The van der Waals surface area contributed by atoms with Crippen LogP contribution in [0.4, 0.5) is 4.39 Å². The molecule has 1 aliphatic rings. The third-order valence-electron chi connectivity index (χ3n) is 5.31. The zero-order chi connectivity index (χ0) is 20.1. The smallest absolute Gasteiger partial charge is 0.258 e. The van der Waals surface area contributed by atoms with Crippen LogP contribution < -0.4 is 0 Å². The van der Waals surface area contributed by atoms with Crippen molar-refractivity contribution in [2.45, 2.75) is 26.3 Å². The highest BCUT2D eigenvalue weighted by Gasteiger charge is 2.24. The van der Waals surface area contributed by atoms with Gasteiger partial charge in [-0.05, 0) is 61.7 Å². The summed E-state index contributed by atoms with van der Waals surface area (Å²) in [6, 6.07) is 11.7. The molecule has 0 atom stereocenters. The van der Waals surface area contributed by atoms with Crippen molar-refractivity contribution in [1.82, 2.24) is 9.80 Å². The first kappa shape index (κ1) is 21.1. The van der Waals surface area contributed by atoms with Crippen molar-refractivity contribution < 1.29 is 9.18 Å². The van der Waals surface area contributed by atoms with E-state index < -0.39 is 5.82 Å². The maximum atomic E-state index is 14.3. The van der Waals surface area contributed by atoms with Gasteiger partial charge in [0, 0.05) is 24.7 Å². The van der Waals surface area contributed by atoms with Crippen LogP contribution in [0, 0.1) is 11.7 Å². The fraction of sp³-hybridized carbons (Fsp3) is 0.409. The number of benzene rings is 2. The average molecular weight is 423 g/mol. The normalized spacial score (nSPS) is 15.6. The van der Waals surface area contributed by atoms with Gasteiger partial charge in [-0.15, -0.1) is 0 Å². The molecule has 0 radical (unpaired) electrons. The van der Waals surface area contributed by atoms with Gasteiger partial charge >= 0.3 is 0 Å². The predicted octanol–water partition coefficient (Wildman–Crippen LogP) is 5.51. The van der Waals surface area contributed by atoms with Crippen molar-refractivity contribution in [3.63, 3.8) is 0 Å². The van der Waals surface area contributed by atoms with E-state index in [0.29, 0.717) is 18.1 Å². The third kappa shape index (κ3) is 5.47. The molecule has 3 rings (SSSR count). The Morgan fingerprint density at radius 1 is 1.14 bits per heavy atom. The molecule has 1 heterocycles. The molecule has 0 bridgehead atoms. The standard InChI is InChI=1S/C22H25Cl2FN2O/c1-16-9-11-26(12-10-16)13-14-27(15-17-5-7-18(23)8-6-17)22(28)21-19(24)3-2-4-20(21)25/h2-8,16H,9-15H2,1H3. The molecule has 0 unspecified atom stereocenters. The maximum Gasteiger partial charge on any atom is 0.258 e. The Bertz CT molecular complexity index is 784. The summed E-state index contributed by atoms with van der Waals surface area (Å²) in [5.74, 6) is -0.228. The van der Waals surface area contributed by atoms with Crippen molar-refractivity contribution >= 4 is 29.1 Å². The van der Waals surface area contributed by atoms with Crippen LogP contribution in [0.3, 0.4) is 0 Å². The lowest BCUT2D eigenvalue weighted by Crippen LogP contribution is -2.41. The summed E-state index contributed by atoms with van der Waals surface area (Å²) in [6.07, 6.45) is 2.34. The second kappa shape index (κ2) is 9.73. The Labute approximate surface area is 176 Å². The second-order valence-electron chi connectivity index (χ2n) is 7.47. The molecule has 150 valence electrons. The summed E-state index contributed by atoms with van der Waals surface area (Å²) < 4.78 is 14.3. The van der Waals surface area contributed by atoms with E-state index >= 15 is 0 Å². The molecule has 6 heteroatoms. The number of hydrogen-bond donors (Lipinski definition) is 0. The van der Waals surface area contributed by atoms with E-state index in [9.17, 15) is 9.18 Å². The van der Waals surface area contributed by atoms with Crippen LogP contribution in [0.25, 0.3) is 0 Å². The quantitative estimate of drug-likeness (QED) is 0.612. The highest BCUT2D eigenvalue weighted by molar-refractivity contribution is 6.33. The van der Waals surface area contributed by atoms with Crippen LogP contribution >= 0.6 is 23.2 Å². The SMILES string of the molecule is CC1CCN(CCN(Cc2ccc(Cl)cc2)C(=O)c2c(F)cccc2Cl)CC1. The molecule has 2 aromatic rings. The molecule has 0 aliphatic carbocycles. The van der Waals surface area contributed by atoms with E-state index in [2.05, 4.69) is 11.8 Å². The third-order valence-corrected chi connectivity index (χ3v) is 5.88. The maximum absolute atomic E-state index is 14.3. The highest BCUT2D eigenvalue weighted by Crippen LogP contribution is 2.23. The number of nitrogens with zero attached hydrogens (tertiary/aromatic N) is 2. The zero-order valence-corrected chi connectivity index (χ0v) is 17.5. The van der Waals surface area contributed by atoms with E-state index in [0.717, 1.165) is 31.1 Å². The Morgan fingerprint density at radius 2 is 1.82 bits per heavy atom. The van der Waals surface area contributed by atoms with Gasteiger partial charge in [-0.1, -0.05) is 48.3 Å². The Morgan fingerprint density at radius 3 is 2.46 bits per heavy atom. The van der Waals surface area contributed by atoms with E-state index in [1.807, 2.05) is 12.1 Å². The summed E-state index contributed by atoms with van der Waals surface area (Å²) in [7, 11) is 0. The molecule has 0 spiro atoms.